The standard InChI is InChI=1S/C23H25N5O/c1-17-6-5-7-18(2)22(17)26-20-10-9-19(16-25-20)23(29)28-14-12-27(13-15-28)21-8-3-4-11-24-21/h3-11,16H,12-15H2,1-2H3,(H,25,26). The molecule has 0 bridgehead atoms. The Morgan fingerprint density at radius 3 is 2.28 bits per heavy atom. The fraction of sp³-hybridized carbons (Fsp3) is 0.261. The summed E-state index contributed by atoms with van der Waals surface area (Å²) in [7, 11) is 0. The zero-order chi connectivity index (χ0) is 20.2. The molecule has 6 nitrogen and oxygen atoms in total. The molecule has 0 spiro atoms. The zero-order valence-corrected chi connectivity index (χ0v) is 16.8. The van der Waals surface area contributed by atoms with Crippen molar-refractivity contribution in [2.24, 2.45) is 0 Å². The summed E-state index contributed by atoms with van der Waals surface area (Å²) in [6.45, 7) is 7.05. The number of aromatic nitrogens is 2. The van der Waals surface area contributed by atoms with E-state index in [0.29, 0.717) is 18.7 Å². The molecule has 1 aromatic carbocycles. The number of aryl methyl sites for hydroxylation is 2. The van der Waals surface area contributed by atoms with Gasteiger partial charge in [0.15, 0.2) is 0 Å². The number of pyridine rings is 2. The molecule has 148 valence electrons. The third-order valence-electron chi connectivity index (χ3n) is 5.28. The highest BCUT2D eigenvalue weighted by Gasteiger charge is 2.23. The van der Waals surface area contributed by atoms with Crippen LogP contribution in [-0.4, -0.2) is 47.0 Å². The summed E-state index contributed by atoms with van der Waals surface area (Å²) in [5.74, 6) is 1.72. The molecule has 1 aliphatic rings. The summed E-state index contributed by atoms with van der Waals surface area (Å²) in [6.07, 6.45) is 3.45. The zero-order valence-electron chi connectivity index (χ0n) is 16.8. The fourth-order valence-electron chi connectivity index (χ4n) is 3.60. The molecule has 3 aromatic rings. The van der Waals surface area contributed by atoms with E-state index in [0.717, 1.165) is 41.5 Å². The number of hydrogen-bond acceptors (Lipinski definition) is 5. The molecule has 2 aromatic heterocycles. The summed E-state index contributed by atoms with van der Waals surface area (Å²) in [6, 6.07) is 15.8. The number of carbonyl (C=O) groups is 1. The number of anilines is 3. The number of hydrogen-bond donors (Lipinski definition) is 1. The van der Waals surface area contributed by atoms with Crippen LogP contribution in [0.1, 0.15) is 21.5 Å². The first-order valence-corrected chi connectivity index (χ1v) is 9.86. The van der Waals surface area contributed by atoms with E-state index in [1.165, 1.54) is 0 Å². The highest BCUT2D eigenvalue weighted by atomic mass is 16.2. The lowest BCUT2D eigenvalue weighted by molar-refractivity contribution is 0.0746. The molecule has 4 rings (SSSR count). The summed E-state index contributed by atoms with van der Waals surface area (Å²) >= 11 is 0. The van der Waals surface area contributed by atoms with Gasteiger partial charge in [-0.15, -0.1) is 0 Å². The maximum absolute atomic E-state index is 12.9. The van der Waals surface area contributed by atoms with Crippen molar-refractivity contribution in [2.45, 2.75) is 13.8 Å². The highest BCUT2D eigenvalue weighted by Crippen LogP contribution is 2.23. The maximum Gasteiger partial charge on any atom is 0.255 e. The molecule has 6 heteroatoms. The molecule has 0 aliphatic carbocycles. The number of benzene rings is 1. The van der Waals surface area contributed by atoms with Crippen LogP contribution in [0.5, 0.6) is 0 Å². The first kappa shape index (κ1) is 18.9. The molecule has 1 saturated heterocycles. The number of rotatable bonds is 4. The van der Waals surface area contributed by atoms with Crippen LogP contribution in [0.2, 0.25) is 0 Å². The lowest BCUT2D eigenvalue weighted by Crippen LogP contribution is -2.49. The monoisotopic (exact) mass is 387 g/mol. The third-order valence-corrected chi connectivity index (χ3v) is 5.28. The van der Waals surface area contributed by atoms with Crippen LogP contribution in [0.25, 0.3) is 0 Å². The molecule has 1 amide bonds. The summed E-state index contributed by atoms with van der Waals surface area (Å²) in [5, 5.41) is 3.36. The predicted molar refractivity (Wildman–Crippen MR) is 116 cm³/mol. The normalized spacial score (nSPS) is 14.0. The van der Waals surface area contributed by atoms with Gasteiger partial charge in [-0.05, 0) is 49.2 Å². The van der Waals surface area contributed by atoms with E-state index >= 15 is 0 Å². The quantitative estimate of drug-likeness (QED) is 0.738. The molecule has 0 saturated carbocycles. The topological polar surface area (TPSA) is 61.4 Å². The van der Waals surface area contributed by atoms with Crippen LogP contribution in [0.3, 0.4) is 0 Å². The first-order chi connectivity index (χ1) is 14.1. The van der Waals surface area contributed by atoms with E-state index in [1.807, 2.05) is 41.3 Å². The molecule has 3 heterocycles. The Morgan fingerprint density at radius 1 is 0.897 bits per heavy atom. The minimum absolute atomic E-state index is 0.0248. The lowest BCUT2D eigenvalue weighted by Gasteiger charge is -2.35. The Labute approximate surface area is 171 Å². The molecular formula is C23H25N5O. The number of nitrogens with zero attached hydrogens (tertiary/aromatic N) is 4. The van der Waals surface area contributed by atoms with E-state index in [1.54, 1.807) is 12.4 Å². The van der Waals surface area contributed by atoms with E-state index in [4.69, 9.17) is 0 Å². The van der Waals surface area contributed by atoms with Crippen molar-refractivity contribution in [2.75, 3.05) is 36.4 Å². The molecular weight excluding hydrogens is 362 g/mol. The van der Waals surface area contributed by atoms with Crippen molar-refractivity contribution >= 4 is 23.2 Å². The van der Waals surface area contributed by atoms with E-state index in [-0.39, 0.29) is 5.91 Å². The van der Waals surface area contributed by atoms with Crippen molar-refractivity contribution in [3.63, 3.8) is 0 Å². The minimum Gasteiger partial charge on any atom is -0.353 e. The van der Waals surface area contributed by atoms with E-state index < -0.39 is 0 Å². The molecule has 1 fully saturated rings. The van der Waals surface area contributed by atoms with Crippen molar-refractivity contribution in [3.05, 3.63) is 77.6 Å². The number of carbonyl (C=O) groups excluding carboxylic acids is 1. The van der Waals surface area contributed by atoms with Crippen LogP contribution in [0, 0.1) is 13.8 Å². The Morgan fingerprint density at radius 2 is 1.66 bits per heavy atom. The summed E-state index contributed by atoms with van der Waals surface area (Å²) in [4.78, 5) is 25.8. The smallest absolute Gasteiger partial charge is 0.255 e. The number of nitrogens with one attached hydrogen (secondary N) is 1. The van der Waals surface area contributed by atoms with Crippen LogP contribution < -0.4 is 10.2 Å². The van der Waals surface area contributed by atoms with Gasteiger partial charge in [0.2, 0.25) is 0 Å². The van der Waals surface area contributed by atoms with Gasteiger partial charge in [0.05, 0.1) is 5.56 Å². The average Bonchev–Trinajstić information content (AvgIpc) is 2.77. The second kappa shape index (κ2) is 8.31. The second-order valence-corrected chi connectivity index (χ2v) is 7.29. The number of piperazine rings is 1. The van der Waals surface area contributed by atoms with Crippen molar-refractivity contribution < 1.29 is 4.79 Å². The summed E-state index contributed by atoms with van der Waals surface area (Å²) in [5.41, 5.74) is 4.00. The highest BCUT2D eigenvalue weighted by molar-refractivity contribution is 5.94. The van der Waals surface area contributed by atoms with Crippen LogP contribution in [0.4, 0.5) is 17.3 Å². The molecule has 0 radical (unpaired) electrons. The van der Waals surface area contributed by atoms with Crippen LogP contribution in [0.15, 0.2) is 60.9 Å². The van der Waals surface area contributed by atoms with Gasteiger partial charge in [-0.25, -0.2) is 9.97 Å². The van der Waals surface area contributed by atoms with Gasteiger partial charge in [0.1, 0.15) is 11.6 Å². The lowest BCUT2D eigenvalue weighted by atomic mass is 10.1. The Bertz CT molecular complexity index is 960. The van der Waals surface area contributed by atoms with Gasteiger partial charge in [-0.1, -0.05) is 24.3 Å². The largest absolute Gasteiger partial charge is 0.353 e. The molecule has 29 heavy (non-hydrogen) atoms. The molecule has 0 atom stereocenters. The number of para-hydroxylation sites is 1. The van der Waals surface area contributed by atoms with Gasteiger partial charge in [0.25, 0.3) is 5.91 Å². The maximum atomic E-state index is 12.9. The van der Waals surface area contributed by atoms with E-state index in [9.17, 15) is 4.79 Å². The van der Waals surface area contributed by atoms with Gasteiger partial charge in [-0.2, -0.15) is 0 Å². The van der Waals surface area contributed by atoms with Crippen LogP contribution >= 0.6 is 0 Å². The van der Waals surface area contributed by atoms with Crippen LogP contribution in [-0.2, 0) is 0 Å². The molecule has 1 N–H and O–H groups in total. The second-order valence-electron chi connectivity index (χ2n) is 7.29. The fourth-order valence-corrected chi connectivity index (χ4v) is 3.60. The number of amides is 1. The van der Waals surface area contributed by atoms with Gasteiger partial charge in [-0.3, -0.25) is 4.79 Å². The van der Waals surface area contributed by atoms with Crippen molar-refractivity contribution in [1.82, 2.24) is 14.9 Å². The Balaban J connectivity index is 1.39. The van der Waals surface area contributed by atoms with Gasteiger partial charge < -0.3 is 15.1 Å². The molecule has 1 aliphatic heterocycles. The Hall–Kier alpha value is -3.41. The third kappa shape index (κ3) is 4.21. The van der Waals surface area contributed by atoms with E-state index in [2.05, 4.69) is 46.2 Å². The SMILES string of the molecule is Cc1cccc(C)c1Nc1ccc(C(=O)N2CCN(c3ccccn3)CC2)cn1. The predicted octanol–water partition coefficient (Wildman–Crippen LogP) is 3.80. The average molecular weight is 387 g/mol. The van der Waals surface area contributed by atoms with Gasteiger partial charge in [0, 0.05) is 44.3 Å². The minimum atomic E-state index is 0.0248. The Kier molecular flexibility index (Phi) is 5.42. The molecule has 0 unspecified atom stereocenters. The van der Waals surface area contributed by atoms with Crippen molar-refractivity contribution in [1.29, 1.82) is 0 Å². The summed E-state index contributed by atoms with van der Waals surface area (Å²) < 4.78 is 0. The first-order valence-electron chi connectivity index (χ1n) is 9.86. The van der Waals surface area contributed by atoms with Gasteiger partial charge >= 0.3 is 0 Å². The van der Waals surface area contributed by atoms with Crippen molar-refractivity contribution in [3.8, 4) is 0 Å².